The van der Waals surface area contributed by atoms with Crippen LogP contribution >= 0.6 is 0 Å². The highest BCUT2D eigenvalue weighted by molar-refractivity contribution is 5.94. The van der Waals surface area contributed by atoms with Crippen molar-refractivity contribution >= 4 is 12.2 Å². The average molecular weight is 169 g/mol. The van der Waals surface area contributed by atoms with E-state index in [9.17, 15) is 4.79 Å². The van der Waals surface area contributed by atoms with Crippen LogP contribution in [0.3, 0.4) is 0 Å². The van der Waals surface area contributed by atoms with E-state index in [1.807, 2.05) is 13.8 Å². The second-order valence-corrected chi connectivity index (χ2v) is 3.28. The van der Waals surface area contributed by atoms with E-state index in [4.69, 9.17) is 4.74 Å². The lowest BCUT2D eigenvalue weighted by molar-refractivity contribution is -0.150. The lowest BCUT2D eigenvalue weighted by Gasteiger charge is -2.25. The Hall–Kier alpha value is -0.860. The molecule has 1 heterocycles. The van der Waals surface area contributed by atoms with E-state index in [1.165, 1.54) is 0 Å². The Labute approximate surface area is 72.8 Å². The molecule has 3 nitrogen and oxygen atoms in total. The van der Waals surface area contributed by atoms with Crippen LogP contribution in [0.1, 0.15) is 26.7 Å². The number of carbonyl (C=O) groups is 1. The van der Waals surface area contributed by atoms with Crippen LogP contribution in [0.25, 0.3) is 0 Å². The molecule has 0 amide bonds. The SMILES string of the molecule is CCOC(=O)C1(C)C=NCCC1. The molecular weight excluding hydrogens is 154 g/mol. The molecule has 68 valence electrons. The summed E-state index contributed by atoms with van der Waals surface area (Å²) in [6, 6.07) is 0. The van der Waals surface area contributed by atoms with Gasteiger partial charge in [0.1, 0.15) is 0 Å². The van der Waals surface area contributed by atoms with Gasteiger partial charge in [-0.15, -0.1) is 0 Å². The van der Waals surface area contributed by atoms with Gasteiger partial charge in [0.15, 0.2) is 0 Å². The number of rotatable bonds is 2. The van der Waals surface area contributed by atoms with Gasteiger partial charge in [-0.3, -0.25) is 9.79 Å². The first-order valence-electron chi connectivity index (χ1n) is 4.37. The molecule has 1 aliphatic heterocycles. The molecule has 0 aromatic heterocycles. The first-order chi connectivity index (χ1) is 5.69. The minimum Gasteiger partial charge on any atom is -0.465 e. The van der Waals surface area contributed by atoms with Gasteiger partial charge in [-0.1, -0.05) is 0 Å². The van der Waals surface area contributed by atoms with Gasteiger partial charge in [-0.05, 0) is 26.7 Å². The molecule has 0 N–H and O–H groups in total. The second kappa shape index (κ2) is 3.70. The Bertz CT molecular complexity index is 201. The summed E-state index contributed by atoms with van der Waals surface area (Å²) in [5.74, 6) is -0.145. The maximum atomic E-state index is 11.4. The Morgan fingerprint density at radius 1 is 1.75 bits per heavy atom. The van der Waals surface area contributed by atoms with Gasteiger partial charge >= 0.3 is 5.97 Å². The molecule has 0 bridgehead atoms. The molecule has 3 heteroatoms. The zero-order valence-electron chi connectivity index (χ0n) is 7.67. The first-order valence-corrected chi connectivity index (χ1v) is 4.37. The van der Waals surface area contributed by atoms with Crippen molar-refractivity contribution in [2.45, 2.75) is 26.7 Å². The van der Waals surface area contributed by atoms with Gasteiger partial charge in [-0.2, -0.15) is 0 Å². The van der Waals surface area contributed by atoms with Gasteiger partial charge in [0.2, 0.25) is 0 Å². The predicted octanol–water partition coefficient (Wildman–Crippen LogP) is 1.42. The number of hydrogen-bond acceptors (Lipinski definition) is 3. The molecule has 0 fully saturated rings. The van der Waals surface area contributed by atoms with Gasteiger partial charge < -0.3 is 4.74 Å². The van der Waals surface area contributed by atoms with Crippen molar-refractivity contribution in [3.63, 3.8) is 0 Å². The normalized spacial score (nSPS) is 28.5. The number of aliphatic imine (C=N–C) groups is 1. The Morgan fingerprint density at radius 2 is 2.50 bits per heavy atom. The van der Waals surface area contributed by atoms with Gasteiger partial charge in [0.05, 0.1) is 12.0 Å². The molecule has 0 aromatic rings. The topological polar surface area (TPSA) is 38.7 Å². The van der Waals surface area contributed by atoms with Crippen molar-refractivity contribution in [2.24, 2.45) is 10.4 Å². The number of esters is 1. The van der Waals surface area contributed by atoms with Crippen LogP contribution in [-0.4, -0.2) is 25.3 Å². The zero-order chi connectivity index (χ0) is 9.03. The van der Waals surface area contributed by atoms with Crippen LogP contribution in [0.4, 0.5) is 0 Å². The third-order valence-corrected chi connectivity index (χ3v) is 2.10. The molecule has 0 saturated heterocycles. The van der Waals surface area contributed by atoms with E-state index in [-0.39, 0.29) is 5.97 Å². The fourth-order valence-electron chi connectivity index (χ4n) is 1.32. The first kappa shape index (κ1) is 9.23. The summed E-state index contributed by atoms with van der Waals surface area (Å²) in [6.45, 7) is 4.99. The molecule has 0 spiro atoms. The summed E-state index contributed by atoms with van der Waals surface area (Å²) in [6.07, 6.45) is 3.57. The minimum atomic E-state index is -0.464. The molecule has 0 aromatic carbocycles. The van der Waals surface area contributed by atoms with Crippen molar-refractivity contribution in [3.8, 4) is 0 Å². The lowest BCUT2D eigenvalue weighted by Crippen LogP contribution is -2.33. The Kier molecular flexibility index (Phi) is 2.84. The minimum absolute atomic E-state index is 0.145. The van der Waals surface area contributed by atoms with Gasteiger partial charge in [-0.25, -0.2) is 0 Å². The summed E-state index contributed by atoms with van der Waals surface area (Å²) in [4.78, 5) is 15.5. The summed E-state index contributed by atoms with van der Waals surface area (Å²) in [7, 11) is 0. The number of ether oxygens (including phenoxy) is 1. The summed E-state index contributed by atoms with van der Waals surface area (Å²) < 4.78 is 4.95. The predicted molar refractivity (Wildman–Crippen MR) is 47.3 cm³/mol. The van der Waals surface area contributed by atoms with E-state index in [0.717, 1.165) is 19.4 Å². The van der Waals surface area contributed by atoms with Crippen LogP contribution in [0.15, 0.2) is 4.99 Å². The fourth-order valence-corrected chi connectivity index (χ4v) is 1.32. The Morgan fingerprint density at radius 3 is 3.00 bits per heavy atom. The standard InChI is InChI=1S/C9H15NO2/c1-3-12-8(11)9(2)5-4-6-10-7-9/h7H,3-6H2,1-2H3. The molecule has 12 heavy (non-hydrogen) atoms. The third-order valence-electron chi connectivity index (χ3n) is 2.10. The molecule has 1 atom stereocenters. The highest BCUT2D eigenvalue weighted by atomic mass is 16.5. The van der Waals surface area contributed by atoms with Crippen molar-refractivity contribution in [3.05, 3.63) is 0 Å². The lowest BCUT2D eigenvalue weighted by atomic mass is 9.85. The maximum absolute atomic E-state index is 11.4. The molecule has 0 aliphatic carbocycles. The smallest absolute Gasteiger partial charge is 0.317 e. The van der Waals surface area contributed by atoms with Crippen molar-refractivity contribution in [1.29, 1.82) is 0 Å². The molecule has 0 saturated carbocycles. The maximum Gasteiger partial charge on any atom is 0.317 e. The van der Waals surface area contributed by atoms with Crippen molar-refractivity contribution < 1.29 is 9.53 Å². The highest BCUT2D eigenvalue weighted by Gasteiger charge is 2.33. The van der Waals surface area contributed by atoms with Crippen LogP contribution in [0.5, 0.6) is 0 Å². The van der Waals surface area contributed by atoms with E-state index in [2.05, 4.69) is 4.99 Å². The number of carbonyl (C=O) groups excluding carboxylic acids is 1. The quantitative estimate of drug-likeness (QED) is 0.586. The van der Waals surface area contributed by atoms with Crippen molar-refractivity contribution in [2.75, 3.05) is 13.2 Å². The van der Waals surface area contributed by atoms with Crippen LogP contribution in [0, 0.1) is 5.41 Å². The van der Waals surface area contributed by atoms with E-state index >= 15 is 0 Å². The summed E-state index contributed by atoms with van der Waals surface area (Å²) in [5.41, 5.74) is -0.464. The zero-order valence-corrected chi connectivity index (χ0v) is 7.67. The van der Waals surface area contributed by atoms with Crippen LogP contribution < -0.4 is 0 Å². The average Bonchev–Trinajstić information content (AvgIpc) is 2.06. The van der Waals surface area contributed by atoms with E-state index in [1.54, 1.807) is 6.21 Å². The largest absolute Gasteiger partial charge is 0.465 e. The number of nitrogens with zero attached hydrogens (tertiary/aromatic N) is 1. The summed E-state index contributed by atoms with van der Waals surface area (Å²) in [5, 5.41) is 0. The van der Waals surface area contributed by atoms with E-state index in [0.29, 0.717) is 6.61 Å². The van der Waals surface area contributed by atoms with Crippen LogP contribution in [-0.2, 0) is 9.53 Å². The molecule has 1 unspecified atom stereocenters. The molecule has 0 radical (unpaired) electrons. The fraction of sp³-hybridized carbons (Fsp3) is 0.778. The van der Waals surface area contributed by atoms with Gasteiger partial charge in [0, 0.05) is 12.8 Å². The molecule has 1 aliphatic rings. The third kappa shape index (κ3) is 1.84. The van der Waals surface area contributed by atoms with Gasteiger partial charge in [0.25, 0.3) is 0 Å². The summed E-state index contributed by atoms with van der Waals surface area (Å²) >= 11 is 0. The molecule has 1 rings (SSSR count). The monoisotopic (exact) mass is 169 g/mol. The van der Waals surface area contributed by atoms with E-state index < -0.39 is 5.41 Å². The Balaban J connectivity index is 2.63. The van der Waals surface area contributed by atoms with Crippen molar-refractivity contribution in [1.82, 2.24) is 0 Å². The van der Waals surface area contributed by atoms with Crippen LogP contribution in [0.2, 0.25) is 0 Å². The highest BCUT2D eigenvalue weighted by Crippen LogP contribution is 2.25. The number of hydrogen-bond donors (Lipinski definition) is 0. The molecular formula is C9H15NO2. The second-order valence-electron chi connectivity index (χ2n) is 3.28.